The Morgan fingerprint density at radius 1 is 0.974 bits per heavy atom. The van der Waals surface area contributed by atoms with E-state index in [-0.39, 0.29) is 24.0 Å². The van der Waals surface area contributed by atoms with Crippen LogP contribution in [-0.4, -0.2) is 29.0 Å². The molecule has 1 unspecified atom stereocenters. The van der Waals surface area contributed by atoms with Gasteiger partial charge in [0.05, 0.1) is 11.5 Å². The van der Waals surface area contributed by atoms with Crippen LogP contribution >= 0.6 is 0 Å². The van der Waals surface area contributed by atoms with Crippen LogP contribution in [0.2, 0.25) is 0 Å². The molecule has 1 aliphatic heterocycles. The minimum Gasteiger partial charge on any atom is -0.465 e. The van der Waals surface area contributed by atoms with Crippen LogP contribution in [0.15, 0.2) is 101 Å². The van der Waals surface area contributed by atoms with E-state index >= 15 is 0 Å². The maximum Gasteiger partial charge on any atom is 0.315 e. The zero-order valence-electron chi connectivity index (χ0n) is 21.1. The number of nitro groups is 1. The van der Waals surface area contributed by atoms with E-state index < -0.39 is 22.7 Å². The molecule has 0 aromatic heterocycles. The number of ketones is 1. The molecule has 0 N–H and O–H groups in total. The Labute approximate surface area is 221 Å². The Bertz CT molecular complexity index is 1430. The summed E-state index contributed by atoms with van der Waals surface area (Å²) in [5.74, 6) is -2.13. The van der Waals surface area contributed by atoms with Crippen molar-refractivity contribution in [2.45, 2.75) is 38.0 Å². The molecule has 3 atom stereocenters. The van der Waals surface area contributed by atoms with Gasteiger partial charge in [0.1, 0.15) is 5.92 Å². The molecular formula is C31H28N2O5. The summed E-state index contributed by atoms with van der Waals surface area (Å²) in [5, 5.41) is 11.5. The number of nitrogens with zero attached hydrogens (tertiary/aromatic N) is 2. The number of carbonyl (C=O) groups is 2. The van der Waals surface area contributed by atoms with Gasteiger partial charge in [0, 0.05) is 47.9 Å². The molecule has 0 saturated carbocycles. The van der Waals surface area contributed by atoms with E-state index in [1.165, 1.54) is 12.1 Å². The highest BCUT2D eigenvalue weighted by Crippen LogP contribution is 2.47. The number of aliphatic imine (C=N–C) groups is 1. The van der Waals surface area contributed by atoms with E-state index in [0.717, 1.165) is 11.1 Å². The minimum absolute atomic E-state index is 0.0147. The number of esters is 1. The van der Waals surface area contributed by atoms with Crippen molar-refractivity contribution in [3.05, 3.63) is 123 Å². The van der Waals surface area contributed by atoms with Crippen LogP contribution < -0.4 is 0 Å². The Morgan fingerprint density at radius 2 is 1.66 bits per heavy atom. The second kappa shape index (κ2) is 10.9. The fourth-order valence-corrected chi connectivity index (χ4v) is 5.52. The van der Waals surface area contributed by atoms with Gasteiger partial charge in [-0.15, -0.1) is 0 Å². The van der Waals surface area contributed by atoms with Crippen LogP contribution in [0.25, 0.3) is 0 Å². The fourth-order valence-electron chi connectivity index (χ4n) is 5.52. The SMILES string of the molecule is CC1=NC2=C(C(=O)C[C@@H](c3ccccc3)C2)[C@@H](c2cccc([N+](=O)[O-])c2)C1C(=O)OCCc1ccccc1. The normalized spacial score (nSPS) is 20.9. The summed E-state index contributed by atoms with van der Waals surface area (Å²) in [6.45, 7) is 1.96. The number of hydrogen-bond donors (Lipinski definition) is 0. The van der Waals surface area contributed by atoms with Gasteiger partial charge in [-0.1, -0.05) is 72.8 Å². The first kappa shape index (κ1) is 25.3. The number of non-ortho nitro benzene ring substituents is 1. The van der Waals surface area contributed by atoms with Crippen LogP contribution in [-0.2, 0) is 20.7 Å². The summed E-state index contributed by atoms with van der Waals surface area (Å²) in [7, 11) is 0. The molecule has 1 heterocycles. The van der Waals surface area contributed by atoms with Crippen LogP contribution in [0.4, 0.5) is 5.69 Å². The zero-order valence-corrected chi connectivity index (χ0v) is 21.1. The molecule has 0 bridgehead atoms. The number of ether oxygens (including phenoxy) is 1. The molecule has 38 heavy (non-hydrogen) atoms. The average Bonchev–Trinajstić information content (AvgIpc) is 2.93. The predicted octanol–water partition coefficient (Wildman–Crippen LogP) is 5.96. The first-order valence-corrected chi connectivity index (χ1v) is 12.7. The third kappa shape index (κ3) is 5.18. The highest BCUT2D eigenvalue weighted by atomic mass is 16.6. The molecule has 2 aliphatic rings. The summed E-state index contributed by atoms with van der Waals surface area (Å²) >= 11 is 0. The largest absolute Gasteiger partial charge is 0.465 e. The molecular weight excluding hydrogens is 480 g/mol. The van der Waals surface area contributed by atoms with E-state index in [0.29, 0.717) is 41.8 Å². The number of hydrogen-bond acceptors (Lipinski definition) is 6. The number of carbonyl (C=O) groups excluding carboxylic acids is 2. The van der Waals surface area contributed by atoms with Gasteiger partial charge in [0.25, 0.3) is 5.69 Å². The van der Waals surface area contributed by atoms with Gasteiger partial charge in [-0.25, -0.2) is 0 Å². The molecule has 0 saturated heterocycles. The number of Topliss-reactive ketones (excluding diaryl/α,β-unsaturated/α-hetero) is 1. The van der Waals surface area contributed by atoms with E-state index in [2.05, 4.69) is 0 Å². The summed E-state index contributed by atoms with van der Waals surface area (Å²) in [6.07, 6.45) is 1.41. The summed E-state index contributed by atoms with van der Waals surface area (Å²) in [5.41, 5.74) is 4.22. The number of rotatable bonds is 7. The lowest BCUT2D eigenvalue weighted by Gasteiger charge is -2.36. The highest BCUT2D eigenvalue weighted by Gasteiger charge is 2.45. The number of benzene rings is 3. The van der Waals surface area contributed by atoms with Crippen LogP contribution in [0.3, 0.4) is 0 Å². The smallest absolute Gasteiger partial charge is 0.315 e. The summed E-state index contributed by atoms with van der Waals surface area (Å²) in [4.78, 5) is 43.0. The Hall–Kier alpha value is -4.39. The maximum absolute atomic E-state index is 13.7. The lowest BCUT2D eigenvalue weighted by atomic mass is 9.69. The Kier molecular flexibility index (Phi) is 7.26. The Balaban J connectivity index is 1.49. The highest BCUT2D eigenvalue weighted by molar-refractivity contribution is 6.09. The number of allylic oxidation sites excluding steroid dienone is 2. The van der Waals surface area contributed by atoms with Crippen molar-refractivity contribution in [2.24, 2.45) is 10.9 Å². The predicted molar refractivity (Wildman–Crippen MR) is 144 cm³/mol. The third-order valence-electron chi connectivity index (χ3n) is 7.33. The van der Waals surface area contributed by atoms with Crippen LogP contribution in [0, 0.1) is 16.0 Å². The summed E-state index contributed by atoms with van der Waals surface area (Å²) < 4.78 is 5.70. The van der Waals surface area contributed by atoms with E-state index in [4.69, 9.17) is 9.73 Å². The lowest BCUT2D eigenvalue weighted by Crippen LogP contribution is -2.38. The van der Waals surface area contributed by atoms with Crippen molar-refractivity contribution in [3.8, 4) is 0 Å². The first-order chi connectivity index (χ1) is 18.4. The van der Waals surface area contributed by atoms with Gasteiger partial charge in [-0.3, -0.25) is 24.7 Å². The zero-order chi connectivity index (χ0) is 26.6. The standard InChI is InChI=1S/C31H28N2O5/c1-20-28(31(35)38-16-15-21-9-4-2-5-10-21)29(23-13-8-14-25(17-23)33(36)37)30-26(32-20)18-24(19-27(30)34)22-11-6-3-7-12-22/h2-14,17,24,28-29H,15-16,18-19H2,1H3/t24-,28?,29-/m0/s1. The molecule has 192 valence electrons. The molecule has 0 amide bonds. The lowest BCUT2D eigenvalue weighted by molar-refractivity contribution is -0.384. The molecule has 1 aliphatic carbocycles. The van der Waals surface area contributed by atoms with Crippen LogP contribution in [0.1, 0.15) is 48.3 Å². The topological polar surface area (TPSA) is 98.9 Å². The summed E-state index contributed by atoms with van der Waals surface area (Å²) in [6, 6.07) is 25.8. The van der Waals surface area contributed by atoms with Crippen molar-refractivity contribution < 1.29 is 19.2 Å². The quantitative estimate of drug-likeness (QED) is 0.223. The van der Waals surface area contributed by atoms with E-state index in [1.54, 1.807) is 19.1 Å². The maximum atomic E-state index is 13.7. The third-order valence-corrected chi connectivity index (χ3v) is 7.33. The molecule has 3 aromatic rings. The monoisotopic (exact) mass is 508 g/mol. The van der Waals surface area contributed by atoms with E-state index in [9.17, 15) is 19.7 Å². The molecule has 0 spiro atoms. The second-order valence-electron chi connectivity index (χ2n) is 9.76. The Morgan fingerprint density at radius 3 is 2.37 bits per heavy atom. The molecule has 3 aromatic carbocycles. The van der Waals surface area contributed by atoms with Crippen molar-refractivity contribution >= 4 is 23.2 Å². The average molecular weight is 509 g/mol. The van der Waals surface area contributed by atoms with Gasteiger partial charge in [-0.2, -0.15) is 0 Å². The second-order valence-corrected chi connectivity index (χ2v) is 9.76. The molecule has 5 rings (SSSR count). The van der Waals surface area contributed by atoms with Crippen molar-refractivity contribution in [1.82, 2.24) is 0 Å². The van der Waals surface area contributed by atoms with Crippen LogP contribution in [0.5, 0.6) is 0 Å². The van der Waals surface area contributed by atoms with Crippen molar-refractivity contribution in [2.75, 3.05) is 6.61 Å². The number of nitro benzene ring substituents is 1. The first-order valence-electron chi connectivity index (χ1n) is 12.7. The van der Waals surface area contributed by atoms with Crippen molar-refractivity contribution in [3.63, 3.8) is 0 Å². The van der Waals surface area contributed by atoms with Gasteiger partial charge >= 0.3 is 5.97 Å². The van der Waals surface area contributed by atoms with Gasteiger partial charge in [-0.05, 0) is 36.0 Å². The van der Waals surface area contributed by atoms with Crippen molar-refractivity contribution in [1.29, 1.82) is 0 Å². The van der Waals surface area contributed by atoms with E-state index in [1.807, 2.05) is 60.7 Å². The van der Waals surface area contributed by atoms with Gasteiger partial charge in [0.15, 0.2) is 5.78 Å². The molecule has 7 heteroatoms. The molecule has 0 radical (unpaired) electrons. The minimum atomic E-state index is -0.844. The fraction of sp³-hybridized carbons (Fsp3) is 0.258. The molecule has 7 nitrogen and oxygen atoms in total. The van der Waals surface area contributed by atoms with Gasteiger partial charge in [0.2, 0.25) is 0 Å². The van der Waals surface area contributed by atoms with Gasteiger partial charge < -0.3 is 4.74 Å². The molecule has 0 fully saturated rings.